The van der Waals surface area contributed by atoms with Crippen molar-refractivity contribution in [3.8, 4) is 11.8 Å². The molecule has 0 aliphatic heterocycles. The number of sulfonamides is 1. The zero-order chi connectivity index (χ0) is 14.8. The molecule has 2 aromatic carbocycles. The molecule has 0 atom stereocenters. The summed E-state index contributed by atoms with van der Waals surface area (Å²) in [6.45, 7) is 0. The Morgan fingerprint density at radius 3 is 2.50 bits per heavy atom. The van der Waals surface area contributed by atoms with Crippen LogP contribution in [0.1, 0.15) is 5.56 Å². The number of hydrogen-bond acceptors (Lipinski definition) is 4. The number of phenols is 1. The highest BCUT2D eigenvalue weighted by Gasteiger charge is 2.19. The summed E-state index contributed by atoms with van der Waals surface area (Å²) in [6.07, 6.45) is 0. The molecule has 2 N–H and O–H groups in total. The number of nitrogens with one attached hydrogen (secondary N) is 1. The smallest absolute Gasteiger partial charge is 0.265 e. The molecule has 0 unspecified atom stereocenters. The third-order valence-electron chi connectivity index (χ3n) is 2.50. The van der Waals surface area contributed by atoms with E-state index < -0.39 is 21.6 Å². The normalized spacial score (nSPS) is 10.8. The highest BCUT2D eigenvalue weighted by atomic mass is 32.2. The number of nitriles is 1. The molecule has 0 aliphatic rings. The molecule has 102 valence electrons. The number of nitrogens with zero attached hydrogens (tertiary/aromatic N) is 1. The fourth-order valence-corrected chi connectivity index (χ4v) is 2.72. The van der Waals surface area contributed by atoms with E-state index in [9.17, 15) is 17.9 Å². The number of aromatic hydroxyl groups is 1. The largest absolute Gasteiger partial charge is 0.507 e. The summed E-state index contributed by atoms with van der Waals surface area (Å²) in [5.41, 5.74) is -0.222. The average molecular weight is 292 g/mol. The summed E-state index contributed by atoms with van der Waals surface area (Å²) >= 11 is 0. The molecule has 0 saturated carbocycles. The molecule has 2 rings (SSSR count). The third kappa shape index (κ3) is 2.70. The van der Waals surface area contributed by atoms with E-state index in [-0.39, 0.29) is 16.1 Å². The highest BCUT2D eigenvalue weighted by molar-refractivity contribution is 7.92. The SMILES string of the molecule is N#Cc1ccc(NS(=O)(=O)c2ccccc2O)c(F)c1. The van der Waals surface area contributed by atoms with Gasteiger partial charge >= 0.3 is 0 Å². The molecule has 20 heavy (non-hydrogen) atoms. The molecule has 0 spiro atoms. The number of rotatable bonds is 3. The van der Waals surface area contributed by atoms with Crippen molar-refractivity contribution >= 4 is 15.7 Å². The topological polar surface area (TPSA) is 90.2 Å². The number of para-hydroxylation sites is 1. The first-order valence-corrected chi connectivity index (χ1v) is 6.93. The summed E-state index contributed by atoms with van der Waals surface area (Å²) in [6, 6.07) is 10.4. The van der Waals surface area contributed by atoms with E-state index in [0.717, 1.165) is 12.1 Å². The van der Waals surface area contributed by atoms with Gasteiger partial charge in [-0.15, -0.1) is 0 Å². The fourth-order valence-electron chi connectivity index (χ4n) is 1.55. The predicted octanol–water partition coefficient (Wildman–Crippen LogP) is 2.20. The number of hydrogen-bond donors (Lipinski definition) is 2. The van der Waals surface area contributed by atoms with Gasteiger partial charge in [0.15, 0.2) is 0 Å². The molecule has 0 saturated heterocycles. The maximum atomic E-state index is 13.6. The first kappa shape index (κ1) is 13.8. The summed E-state index contributed by atoms with van der Waals surface area (Å²) in [7, 11) is -4.11. The summed E-state index contributed by atoms with van der Waals surface area (Å²) in [5.74, 6) is -1.31. The van der Waals surface area contributed by atoms with Crippen molar-refractivity contribution in [2.24, 2.45) is 0 Å². The molecule has 0 radical (unpaired) electrons. The van der Waals surface area contributed by atoms with E-state index in [1.165, 1.54) is 30.3 Å². The van der Waals surface area contributed by atoms with E-state index in [2.05, 4.69) is 0 Å². The maximum Gasteiger partial charge on any atom is 0.265 e. The van der Waals surface area contributed by atoms with Gasteiger partial charge in [0.1, 0.15) is 16.5 Å². The molecule has 2 aromatic rings. The zero-order valence-corrected chi connectivity index (χ0v) is 10.9. The van der Waals surface area contributed by atoms with Gasteiger partial charge in [-0.1, -0.05) is 12.1 Å². The van der Waals surface area contributed by atoms with E-state index in [4.69, 9.17) is 5.26 Å². The molecular weight excluding hydrogens is 283 g/mol. The van der Waals surface area contributed by atoms with Gasteiger partial charge in [0, 0.05) is 0 Å². The predicted molar refractivity (Wildman–Crippen MR) is 70.0 cm³/mol. The Balaban J connectivity index is 2.40. The van der Waals surface area contributed by atoms with Gasteiger partial charge < -0.3 is 5.11 Å². The zero-order valence-electron chi connectivity index (χ0n) is 10.0. The minimum absolute atomic E-state index is 0.0769. The first-order chi connectivity index (χ1) is 9.44. The maximum absolute atomic E-state index is 13.6. The second-order valence-electron chi connectivity index (χ2n) is 3.88. The lowest BCUT2D eigenvalue weighted by atomic mass is 10.2. The Labute approximate surface area is 115 Å². The third-order valence-corrected chi connectivity index (χ3v) is 3.91. The minimum atomic E-state index is -4.11. The van der Waals surface area contributed by atoms with Crippen molar-refractivity contribution in [2.75, 3.05) is 4.72 Å². The van der Waals surface area contributed by atoms with Crippen LogP contribution in [-0.4, -0.2) is 13.5 Å². The van der Waals surface area contributed by atoms with E-state index in [1.54, 1.807) is 6.07 Å². The number of halogens is 1. The standard InChI is InChI=1S/C13H9FN2O3S/c14-10-7-9(8-15)5-6-11(10)16-20(18,19)13-4-2-1-3-12(13)17/h1-7,16-17H. The highest BCUT2D eigenvalue weighted by Crippen LogP contribution is 2.25. The molecule has 0 amide bonds. The van der Waals surface area contributed by atoms with Crippen LogP contribution in [0.5, 0.6) is 5.75 Å². The van der Waals surface area contributed by atoms with Crippen molar-refractivity contribution < 1.29 is 17.9 Å². The van der Waals surface area contributed by atoms with Gasteiger partial charge in [-0.3, -0.25) is 4.72 Å². The lowest BCUT2D eigenvalue weighted by Crippen LogP contribution is -2.14. The van der Waals surface area contributed by atoms with Crippen LogP contribution < -0.4 is 4.72 Å². The van der Waals surface area contributed by atoms with Crippen molar-refractivity contribution in [3.63, 3.8) is 0 Å². The first-order valence-electron chi connectivity index (χ1n) is 5.44. The van der Waals surface area contributed by atoms with Crippen molar-refractivity contribution in [1.82, 2.24) is 0 Å². The Hall–Kier alpha value is -2.59. The van der Waals surface area contributed by atoms with Gasteiger partial charge in [0.2, 0.25) is 0 Å². The monoisotopic (exact) mass is 292 g/mol. The molecule has 0 fully saturated rings. The van der Waals surface area contributed by atoms with Crippen LogP contribution in [0.15, 0.2) is 47.4 Å². The average Bonchev–Trinajstić information content (AvgIpc) is 2.41. The molecule has 0 aliphatic carbocycles. The van der Waals surface area contributed by atoms with Crippen LogP contribution in [0.25, 0.3) is 0 Å². The second kappa shape index (κ2) is 5.19. The number of benzene rings is 2. The van der Waals surface area contributed by atoms with Crippen LogP contribution >= 0.6 is 0 Å². The Kier molecular flexibility index (Phi) is 3.59. The van der Waals surface area contributed by atoms with Gasteiger partial charge in [-0.25, -0.2) is 12.8 Å². The molecule has 0 aromatic heterocycles. The lowest BCUT2D eigenvalue weighted by Gasteiger charge is -2.10. The quantitative estimate of drug-likeness (QED) is 0.907. The molecule has 5 nitrogen and oxygen atoms in total. The van der Waals surface area contributed by atoms with E-state index in [0.29, 0.717) is 0 Å². The molecular formula is C13H9FN2O3S. The van der Waals surface area contributed by atoms with Gasteiger partial charge in [-0.05, 0) is 30.3 Å². The Morgan fingerprint density at radius 2 is 1.90 bits per heavy atom. The summed E-state index contributed by atoms with van der Waals surface area (Å²) in [5, 5.41) is 18.1. The summed E-state index contributed by atoms with van der Waals surface area (Å²) < 4.78 is 39.7. The second-order valence-corrected chi connectivity index (χ2v) is 5.53. The summed E-state index contributed by atoms with van der Waals surface area (Å²) in [4.78, 5) is -0.358. The van der Waals surface area contributed by atoms with Crippen LogP contribution in [-0.2, 0) is 10.0 Å². The number of anilines is 1. The van der Waals surface area contributed by atoms with E-state index in [1.807, 2.05) is 4.72 Å². The molecule has 0 bridgehead atoms. The Bertz CT molecular complexity index is 798. The van der Waals surface area contributed by atoms with Crippen molar-refractivity contribution in [1.29, 1.82) is 5.26 Å². The Morgan fingerprint density at radius 1 is 1.20 bits per heavy atom. The minimum Gasteiger partial charge on any atom is -0.507 e. The van der Waals surface area contributed by atoms with Crippen molar-refractivity contribution in [2.45, 2.75) is 4.90 Å². The van der Waals surface area contributed by atoms with Crippen LogP contribution in [0.4, 0.5) is 10.1 Å². The van der Waals surface area contributed by atoms with Gasteiger partial charge in [0.25, 0.3) is 10.0 Å². The number of phenolic OH excluding ortho intramolecular Hbond substituents is 1. The molecule has 0 heterocycles. The lowest BCUT2D eigenvalue weighted by molar-refractivity contribution is 0.459. The molecule has 7 heteroatoms. The van der Waals surface area contributed by atoms with Crippen LogP contribution in [0, 0.1) is 17.1 Å². The van der Waals surface area contributed by atoms with Gasteiger partial charge in [-0.2, -0.15) is 5.26 Å². The van der Waals surface area contributed by atoms with Gasteiger partial charge in [0.05, 0.1) is 17.3 Å². The van der Waals surface area contributed by atoms with E-state index >= 15 is 0 Å². The fraction of sp³-hybridized carbons (Fsp3) is 0. The van der Waals surface area contributed by atoms with Crippen molar-refractivity contribution in [3.05, 3.63) is 53.8 Å². The van der Waals surface area contributed by atoms with Crippen LogP contribution in [0.3, 0.4) is 0 Å². The van der Waals surface area contributed by atoms with Crippen LogP contribution in [0.2, 0.25) is 0 Å².